The lowest BCUT2D eigenvalue weighted by Crippen LogP contribution is -2.42. The molecule has 8 heteroatoms. The predicted octanol–water partition coefficient (Wildman–Crippen LogP) is 4.28. The number of hydrogen-bond donors (Lipinski definition) is 1. The Labute approximate surface area is 164 Å². The van der Waals surface area contributed by atoms with Crippen LogP contribution in [0.5, 0.6) is 0 Å². The maximum absolute atomic E-state index is 12.0. The van der Waals surface area contributed by atoms with Gasteiger partial charge in [0.2, 0.25) is 5.89 Å². The molecule has 0 amide bonds. The van der Waals surface area contributed by atoms with E-state index >= 15 is 0 Å². The monoisotopic (exact) mass is 398 g/mol. The molecule has 2 aromatic carbocycles. The Hall–Kier alpha value is -3.32. The van der Waals surface area contributed by atoms with Crippen molar-refractivity contribution in [1.82, 2.24) is 4.98 Å². The van der Waals surface area contributed by atoms with Crippen molar-refractivity contribution in [2.75, 3.05) is 5.32 Å². The molecule has 1 aliphatic rings. The van der Waals surface area contributed by atoms with Crippen LogP contribution in [0.2, 0.25) is 5.02 Å². The number of rotatable bonds is 3. The quantitative estimate of drug-likeness (QED) is 0.400. The van der Waals surface area contributed by atoms with E-state index in [0.717, 1.165) is 0 Å². The molecule has 142 valence electrons. The second-order valence-electron chi connectivity index (χ2n) is 6.59. The average molecular weight is 399 g/mol. The smallest absolute Gasteiger partial charge is 0.350 e. The fourth-order valence-electron chi connectivity index (χ4n) is 2.70. The molecule has 1 fully saturated rings. The third-order valence-electron chi connectivity index (χ3n) is 3.96. The first-order valence-electron chi connectivity index (χ1n) is 8.41. The number of anilines is 1. The van der Waals surface area contributed by atoms with Crippen LogP contribution in [0.4, 0.5) is 5.69 Å². The van der Waals surface area contributed by atoms with E-state index in [1.807, 2.05) is 6.07 Å². The van der Waals surface area contributed by atoms with Gasteiger partial charge in [0.25, 0.3) is 5.79 Å². The van der Waals surface area contributed by atoms with Crippen LogP contribution in [-0.2, 0) is 19.1 Å². The highest BCUT2D eigenvalue weighted by molar-refractivity contribution is 6.31. The van der Waals surface area contributed by atoms with Gasteiger partial charge in [0.15, 0.2) is 11.2 Å². The Kier molecular flexibility index (Phi) is 4.31. The summed E-state index contributed by atoms with van der Waals surface area (Å²) in [5.41, 5.74) is 2.39. The van der Waals surface area contributed by atoms with Gasteiger partial charge in [-0.3, -0.25) is 0 Å². The van der Waals surface area contributed by atoms with Crippen molar-refractivity contribution in [3.8, 4) is 11.5 Å². The molecule has 7 nitrogen and oxygen atoms in total. The lowest BCUT2D eigenvalue weighted by molar-refractivity contribution is -0.222. The number of halogens is 1. The van der Waals surface area contributed by atoms with Crippen molar-refractivity contribution < 1.29 is 23.5 Å². The standard InChI is InChI=1S/C20H15ClN2O5/c1-20(2)27-18(24)14(19(25)28-20)10-22-13-5-3-4-11(8-13)17-23-15-9-12(21)6-7-16(15)26-17/h3-10,22H,1-2H3. The van der Waals surface area contributed by atoms with Gasteiger partial charge in [-0.05, 0) is 36.4 Å². The number of fused-ring (bicyclic) bond motifs is 1. The number of hydrogen-bond acceptors (Lipinski definition) is 7. The molecule has 3 aromatic rings. The molecule has 1 N–H and O–H groups in total. The number of oxazole rings is 1. The van der Waals surface area contributed by atoms with Gasteiger partial charge < -0.3 is 19.2 Å². The van der Waals surface area contributed by atoms with Crippen LogP contribution in [-0.4, -0.2) is 22.7 Å². The zero-order valence-electron chi connectivity index (χ0n) is 15.0. The lowest BCUT2D eigenvalue weighted by Gasteiger charge is -2.29. The number of carbonyl (C=O) groups is 2. The highest BCUT2D eigenvalue weighted by atomic mass is 35.5. The molecule has 0 spiro atoms. The minimum Gasteiger partial charge on any atom is -0.436 e. The van der Waals surface area contributed by atoms with Crippen LogP contribution in [0, 0.1) is 0 Å². The van der Waals surface area contributed by atoms with Gasteiger partial charge in [-0.25, -0.2) is 14.6 Å². The number of aromatic nitrogens is 1. The summed E-state index contributed by atoms with van der Waals surface area (Å²) in [7, 11) is 0. The van der Waals surface area contributed by atoms with Crippen molar-refractivity contribution in [1.29, 1.82) is 0 Å². The normalized spacial score (nSPS) is 15.9. The number of esters is 2. The van der Waals surface area contributed by atoms with Crippen molar-refractivity contribution >= 4 is 40.3 Å². The molecule has 2 heterocycles. The van der Waals surface area contributed by atoms with Crippen LogP contribution in [0.1, 0.15) is 13.8 Å². The predicted molar refractivity (Wildman–Crippen MR) is 102 cm³/mol. The molecule has 0 aliphatic carbocycles. The molecular formula is C20H15ClN2O5. The van der Waals surface area contributed by atoms with Crippen LogP contribution >= 0.6 is 11.6 Å². The zero-order chi connectivity index (χ0) is 19.9. The van der Waals surface area contributed by atoms with Gasteiger partial charge in [-0.1, -0.05) is 17.7 Å². The summed E-state index contributed by atoms with van der Waals surface area (Å²) in [5, 5.41) is 3.47. The van der Waals surface area contributed by atoms with Crippen LogP contribution in [0.15, 0.2) is 58.7 Å². The van der Waals surface area contributed by atoms with Crippen LogP contribution in [0.25, 0.3) is 22.6 Å². The largest absolute Gasteiger partial charge is 0.436 e. The maximum atomic E-state index is 12.0. The fourth-order valence-corrected chi connectivity index (χ4v) is 2.87. The Bertz CT molecular complexity index is 1110. The van der Waals surface area contributed by atoms with Gasteiger partial charge in [0.1, 0.15) is 5.52 Å². The summed E-state index contributed by atoms with van der Waals surface area (Å²) in [6.45, 7) is 2.98. The number of nitrogens with zero attached hydrogens (tertiary/aromatic N) is 1. The van der Waals surface area contributed by atoms with Gasteiger partial charge in [0.05, 0.1) is 0 Å². The third-order valence-corrected chi connectivity index (χ3v) is 4.19. The summed E-state index contributed by atoms with van der Waals surface area (Å²) < 4.78 is 15.9. The Morgan fingerprint density at radius 3 is 2.57 bits per heavy atom. The molecular weight excluding hydrogens is 384 g/mol. The second-order valence-corrected chi connectivity index (χ2v) is 7.03. The summed E-state index contributed by atoms with van der Waals surface area (Å²) in [6.07, 6.45) is 1.25. The van der Waals surface area contributed by atoms with Crippen molar-refractivity contribution in [2.45, 2.75) is 19.6 Å². The number of benzene rings is 2. The number of cyclic esters (lactones) is 2. The average Bonchev–Trinajstić information content (AvgIpc) is 3.03. The molecule has 0 radical (unpaired) electrons. The molecule has 0 bridgehead atoms. The van der Waals surface area contributed by atoms with Gasteiger partial charge in [-0.2, -0.15) is 0 Å². The van der Waals surface area contributed by atoms with E-state index in [1.54, 1.807) is 36.4 Å². The molecule has 0 saturated carbocycles. The van der Waals surface area contributed by atoms with E-state index in [4.69, 9.17) is 25.5 Å². The number of nitrogens with one attached hydrogen (secondary N) is 1. The fraction of sp³-hybridized carbons (Fsp3) is 0.150. The van der Waals surface area contributed by atoms with Gasteiger partial charge in [0, 0.05) is 36.3 Å². The van der Waals surface area contributed by atoms with Gasteiger partial charge >= 0.3 is 11.9 Å². The Balaban J connectivity index is 1.59. The van der Waals surface area contributed by atoms with Crippen LogP contribution in [0.3, 0.4) is 0 Å². The minimum atomic E-state index is -1.28. The van der Waals surface area contributed by atoms with Crippen LogP contribution < -0.4 is 5.32 Å². The molecule has 4 rings (SSSR count). The molecule has 1 saturated heterocycles. The first-order chi connectivity index (χ1) is 13.3. The summed E-state index contributed by atoms with van der Waals surface area (Å²) in [6, 6.07) is 12.4. The molecule has 0 unspecified atom stereocenters. The Morgan fingerprint density at radius 2 is 1.82 bits per heavy atom. The summed E-state index contributed by atoms with van der Waals surface area (Å²) in [5.74, 6) is -2.35. The number of carbonyl (C=O) groups excluding carboxylic acids is 2. The lowest BCUT2D eigenvalue weighted by atomic mass is 10.2. The molecule has 1 aliphatic heterocycles. The van der Waals surface area contributed by atoms with Crippen molar-refractivity contribution in [3.05, 3.63) is 59.3 Å². The first-order valence-corrected chi connectivity index (χ1v) is 8.78. The molecule has 1 aromatic heterocycles. The SMILES string of the molecule is CC1(C)OC(=O)C(=CNc2cccc(-c3nc4cc(Cl)ccc4o3)c2)C(=O)O1. The third kappa shape index (κ3) is 3.57. The van der Waals surface area contributed by atoms with E-state index in [-0.39, 0.29) is 5.57 Å². The van der Waals surface area contributed by atoms with E-state index in [2.05, 4.69) is 10.3 Å². The highest BCUT2D eigenvalue weighted by Crippen LogP contribution is 2.28. The van der Waals surface area contributed by atoms with Gasteiger partial charge in [-0.15, -0.1) is 0 Å². The minimum absolute atomic E-state index is 0.221. The van der Waals surface area contributed by atoms with Crippen molar-refractivity contribution in [2.24, 2.45) is 0 Å². The zero-order valence-corrected chi connectivity index (χ0v) is 15.7. The summed E-state index contributed by atoms with van der Waals surface area (Å²) >= 11 is 5.98. The van der Waals surface area contributed by atoms with E-state index in [1.165, 1.54) is 20.0 Å². The van der Waals surface area contributed by atoms with E-state index < -0.39 is 17.7 Å². The number of ether oxygens (including phenoxy) is 2. The summed E-state index contributed by atoms with van der Waals surface area (Å²) in [4.78, 5) is 28.4. The topological polar surface area (TPSA) is 90.7 Å². The van der Waals surface area contributed by atoms with E-state index in [0.29, 0.717) is 33.3 Å². The van der Waals surface area contributed by atoms with E-state index in [9.17, 15) is 9.59 Å². The second kappa shape index (κ2) is 6.69. The first kappa shape index (κ1) is 18.1. The Morgan fingerprint density at radius 1 is 1.07 bits per heavy atom. The highest BCUT2D eigenvalue weighted by Gasteiger charge is 2.38. The molecule has 28 heavy (non-hydrogen) atoms. The molecule has 0 atom stereocenters. The van der Waals surface area contributed by atoms with Crippen molar-refractivity contribution in [3.63, 3.8) is 0 Å². The maximum Gasteiger partial charge on any atom is 0.350 e.